The lowest BCUT2D eigenvalue weighted by atomic mass is 10.1. The number of hydrogen-bond acceptors (Lipinski definition) is 4. The second kappa shape index (κ2) is 5.75. The highest BCUT2D eigenvalue weighted by Gasteiger charge is 2.06. The van der Waals surface area contributed by atoms with Crippen molar-refractivity contribution in [2.75, 3.05) is 6.54 Å². The molecule has 0 bridgehead atoms. The number of ether oxygens (including phenoxy) is 1. The third-order valence-corrected chi connectivity index (χ3v) is 1.84. The monoisotopic (exact) mass is 221 g/mol. The SMILES string of the molecule is CC(=O)Oc1ccc(C(O)CN=[N+]=[N-])cc1. The molecule has 1 atom stereocenters. The predicted molar refractivity (Wildman–Crippen MR) is 56.7 cm³/mol. The van der Waals surface area contributed by atoms with Crippen LogP contribution in [0.5, 0.6) is 5.75 Å². The van der Waals surface area contributed by atoms with Gasteiger partial charge in [-0.3, -0.25) is 4.79 Å². The van der Waals surface area contributed by atoms with Gasteiger partial charge < -0.3 is 9.84 Å². The molecular weight excluding hydrogens is 210 g/mol. The van der Waals surface area contributed by atoms with Crippen molar-refractivity contribution in [1.82, 2.24) is 0 Å². The van der Waals surface area contributed by atoms with Crippen LogP contribution in [0.1, 0.15) is 18.6 Å². The Kier molecular flexibility index (Phi) is 4.32. The van der Waals surface area contributed by atoms with Gasteiger partial charge in [0.1, 0.15) is 5.75 Å². The number of azide groups is 1. The van der Waals surface area contributed by atoms with Gasteiger partial charge in [-0.15, -0.1) is 0 Å². The first-order valence-corrected chi connectivity index (χ1v) is 4.61. The van der Waals surface area contributed by atoms with Crippen LogP contribution in [0.15, 0.2) is 29.4 Å². The Balaban J connectivity index is 2.70. The highest BCUT2D eigenvalue weighted by Crippen LogP contribution is 2.18. The highest BCUT2D eigenvalue weighted by molar-refractivity contribution is 5.69. The van der Waals surface area contributed by atoms with E-state index < -0.39 is 12.1 Å². The number of carbonyl (C=O) groups excluding carboxylic acids is 1. The summed E-state index contributed by atoms with van der Waals surface area (Å²) in [5.74, 6) is 0.00890. The second-order valence-corrected chi connectivity index (χ2v) is 3.09. The summed E-state index contributed by atoms with van der Waals surface area (Å²) < 4.78 is 4.83. The van der Waals surface area contributed by atoms with Crippen LogP contribution in [0.4, 0.5) is 0 Å². The molecule has 1 unspecified atom stereocenters. The summed E-state index contributed by atoms with van der Waals surface area (Å²) in [7, 11) is 0. The Bertz CT molecular complexity index is 410. The summed E-state index contributed by atoms with van der Waals surface area (Å²) in [6.45, 7) is 1.29. The number of aliphatic hydroxyl groups excluding tert-OH is 1. The zero-order valence-electron chi connectivity index (χ0n) is 8.70. The maximum Gasteiger partial charge on any atom is 0.308 e. The molecule has 16 heavy (non-hydrogen) atoms. The number of nitrogens with zero attached hydrogens (tertiary/aromatic N) is 3. The predicted octanol–water partition coefficient (Wildman–Crippen LogP) is 1.96. The fraction of sp³-hybridized carbons (Fsp3) is 0.300. The molecule has 1 aromatic carbocycles. The van der Waals surface area contributed by atoms with Crippen LogP contribution in [0, 0.1) is 0 Å². The molecule has 0 saturated heterocycles. The van der Waals surface area contributed by atoms with Gasteiger partial charge in [0.15, 0.2) is 0 Å². The first-order valence-electron chi connectivity index (χ1n) is 4.61. The zero-order valence-corrected chi connectivity index (χ0v) is 8.70. The van der Waals surface area contributed by atoms with Crippen molar-refractivity contribution in [2.24, 2.45) is 5.11 Å². The summed E-state index contributed by atoms with van der Waals surface area (Å²) in [6, 6.07) is 6.34. The van der Waals surface area contributed by atoms with Crippen LogP contribution in [-0.2, 0) is 4.79 Å². The van der Waals surface area contributed by atoms with Crippen LogP contribution < -0.4 is 4.74 Å². The third-order valence-electron chi connectivity index (χ3n) is 1.84. The average molecular weight is 221 g/mol. The second-order valence-electron chi connectivity index (χ2n) is 3.09. The fourth-order valence-electron chi connectivity index (χ4n) is 1.14. The largest absolute Gasteiger partial charge is 0.427 e. The lowest BCUT2D eigenvalue weighted by Crippen LogP contribution is -2.03. The molecular formula is C10H11N3O3. The van der Waals surface area contributed by atoms with Crippen molar-refractivity contribution < 1.29 is 14.6 Å². The Morgan fingerprint density at radius 2 is 2.19 bits per heavy atom. The minimum atomic E-state index is -0.845. The summed E-state index contributed by atoms with van der Waals surface area (Å²) in [5.41, 5.74) is 8.70. The summed E-state index contributed by atoms with van der Waals surface area (Å²) in [4.78, 5) is 13.2. The van der Waals surface area contributed by atoms with Gasteiger partial charge in [0.2, 0.25) is 0 Å². The number of carbonyl (C=O) groups is 1. The molecule has 0 aliphatic heterocycles. The van der Waals surface area contributed by atoms with E-state index in [0.717, 1.165) is 0 Å². The van der Waals surface area contributed by atoms with Crippen molar-refractivity contribution in [1.29, 1.82) is 0 Å². The molecule has 6 nitrogen and oxygen atoms in total. The van der Waals surface area contributed by atoms with Crippen molar-refractivity contribution in [3.63, 3.8) is 0 Å². The summed E-state index contributed by atoms with van der Waals surface area (Å²) >= 11 is 0. The molecule has 0 heterocycles. The topological polar surface area (TPSA) is 95.3 Å². The molecule has 1 rings (SSSR count). The van der Waals surface area contributed by atoms with Gasteiger partial charge in [0.05, 0.1) is 12.6 Å². The summed E-state index contributed by atoms with van der Waals surface area (Å²) in [5, 5.41) is 12.8. The third kappa shape index (κ3) is 3.61. The number of aliphatic hydroxyl groups is 1. The molecule has 0 aliphatic rings. The minimum absolute atomic E-state index is 0.0244. The zero-order chi connectivity index (χ0) is 12.0. The molecule has 0 radical (unpaired) electrons. The summed E-state index contributed by atoms with van der Waals surface area (Å²) in [6.07, 6.45) is -0.845. The molecule has 1 aromatic rings. The van der Waals surface area contributed by atoms with Crippen molar-refractivity contribution >= 4 is 5.97 Å². The Morgan fingerprint density at radius 1 is 1.56 bits per heavy atom. The molecule has 1 N–H and O–H groups in total. The van der Waals surface area contributed by atoms with Crippen LogP contribution in [0.3, 0.4) is 0 Å². The van der Waals surface area contributed by atoms with Crippen LogP contribution in [0.25, 0.3) is 10.4 Å². The lowest BCUT2D eigenvalue weighted by molar-refractivity contribution is -0.131. The number of esters is 1. The van der Waals surface area contributed by atoms with Crippen molar-refractivity contribution in [3.05, 3.63) is 40.3 Å². The number of hydrogen-bond donors (Lipinski definition) is 1. The molecule has 0 amide bonds. The van der Waals surface area contributed by atoms with Gasteiger partial charge in [0.25, 0.3) is 0 Å². The maximum absolute atomic E-state index is 10.6. The Labute approximate surface area is 92.1 Å². The van der Waals surface area contributed by atoms with Gasteiger partial charge in [-0.1, -0.05) is 17.2 Å². The molecule has 0 aromatic heterocycles. The first-order chi connectivity index (χ1) is 7.63. The van der Waals surface area contributed by atoms with Crippen molar-refractivity contribution in [2.45, 2.75) is 13.0 Å². The lowest BCUT2D eigenvalue weighted by Gasteiger charge is -2.08. The van der Waals surface area contributed by atoms with E-state index in [1.165, 1.54) is 6.92 Å². The van der Waals surface area contributed by atoms with Crippen molar-refractivity contribution in [3.8, 4) is 5.75 Å². The molecule has 0 spiro atoms. The van der Waals surface area contributed by atoms with E-state index in [0.29, 0.717) is 11.3 Å². The van der Waals surface area contributed by atoms with Gasteiger partial charge in [0, 0.05) is 11.8 Å². The molecule has 84 valence electrons. The molecule has 0 aliphatic carbocycles. The van der Waals surface area contributed by atoms with Gasteiger partial charge >= 0.3 is 5.97 Å². The quantitative estimate of drug-likeness (QED) is 0.277. The number of benzene rings is 1. The smallest absolute Gasteiger partial charge is 0.308 e. The van der Waals surface area contributed by atoms with Crippen LogP contribution in [0.2, 0.25) is 0 Å². The minimum Gasteiger partial charge on any atom is -0.427 e. The van der Waals surface area contributed by atoms with E-state index in [4.69, 9.17) is 10.3 Å². The number of rotatable bonds is 4. The molecule has 0 fully saturated rings. The fourth-order valence-corrected chi connectivity index (χ4v) is 1.14. The van der Waals surface area contributed by atoms with E-state index in [1.807, 2.05) is 0 Å². The van der Waals surface area contributed by atoms with Gasteiger partial charge in [-0.05, 0) is 23.2 Å². The van der Waals surface area contributed by atoms with Crippen LogP contribution >= 0.6 is 0 Å². The standard InChI is InChI=1S/C10H11N3O3/c1-7(14)16-9-4-2-8(3-5-9)10(15)6-12-13-11/h2-5,10,15H,6H2,1H3. The van der Waals surface area contributed by atoms with Gasteiger partial charge in [-0.2, -0.15) is 0 Å². The highest BCUT2D eigenvalue weighted by atomic mass is 16.5. The van der Waals surface area contributed by atoms with E-state index in [9.17, 15) is 9.90 Å². The molecule has 0 saturated carbocycles. The normalized spacial score (nSPS) is 11.4. The maximum atomic E-state index is 10.6. The first kappa shape index (κ1) is 12.0. The van der Waals surface area contributed by atoms with E-state index in [1.54, 1.807) is 24.3 Å². The Hall–Kier alpha value is -2.04. The van der Waals surface area contributed by atoms with Gasteiger partial charge in [-0.25, -0.2) is 0 Å². The molecule has 6 heteroatoms. The van der Waals surface area contributed by atoms with Crippen LogP contribution in [-0.4, -0.2) is 17.6 Å². The van der Waals surface area contributed by atoms with E-state index >= 15 is 0 Å². The average Bonchev–Trinajstić information content (AvgIpc) is 2.26. The van der Waals surface area contributed by atoms with E-state index in [-0.39, 0.29) is 6.54 Å². The Morgan fingerprint density at radius 3 is 2.69 bits per heavy atom. The van der Waals surface area contributed by atoms with E-state index in [2.05, 4.69) is 10.0 Å².